The van der Waals surface area contributed by atoms with Crippen LogP contribution in [0.2, 0.25) is 0 Å². The van der Waals surface area contributed by atoms with Gasteiger partial charge in [0.1, 0.15) is 17.4 Å². The SMILES string of the molecule is C=CC[C@H]1C(=O)C(O)(O)[C@@H](O)CC(=O)C[C@H](c2ccc3oc(C)nc3c2)C/C=C(/O)CCC[C@H](O)[C@H]1O. The molecule has 0 unspecified atom stereocenters. The number of oxazole rings is 1. The summed E-state index contributed by atoms with van der Waals surface area (Å²) in [5.41, 5.74) is 1.90. The van der Waals surface area contributed by atoms with Crippen molar-refractivity contribution in [1.82, 2.24) is 4.98 Å². The van der Waals surface area contributed by atoms with Crippen LogP contribution in [0, 0.1) is 12.8 Å². The number of aryl methyl sites for hydroxylation is 1. The van der Waals surface area contributed by atoms with E-state index < -0.39 is 53.9 Å². The van der Waals surface area contributed by atoms with Crippen molar-refractivity contribution in [3.63, 3.8) is 0 Å². The zero-order chi connectivity index (χ0) is 27.3. The highest BCUT2D eigenvalue weighted by molar-refractivity contribution is 5.90. The zero-order valence-electron chi connectivity index (χ0n) is 20.8. The minimum absolute atomic E-state index is 0.0243. The van der Waals surface area contributed by atoms with Crippen LogP contribution in [0.4, 0.5) is 0 Å². The van der Waals surface area contributed by atoms with Gasteiger partial charge in [-0.1, -0.05) is 12.1 Å². The number of carbonyl (C=O) groups is 2. The average Bonchev–Trinajstić information content (AvgIpc) is 3.22. The molecule has 10 nitrogen and oxygen atoms in total. The number of rotatable bonds is 3. The molecule has 1 aromatic carbocycles. The minimum Gasteiger partial charge on any atom is -0.513 e. The van der Waals surface area contributed by atoms with Crippen molar-refractivity contribution < 1.29 is 44.6 Å². The highest BCUT2D eigenvalue weighted by Gasteiger charge is 2.48. The van der Waals surface area contributed by atoms with Crippen molar-refractivity contribution in [3.05, 3.63) is 54.1 Å². The highest BCUT2D eigenvalue weighted by atomic mass is 16.5. The molecule has 0 aliphatic heterocycles. The van der Waals surface area contributed by atoms with E-state index in [-0.39, 0.29) is 44.3 Å². The van der Waals surface area contributed by atoms with Crippen LogP contribution in [0.5, 0.6) is 0 Å². The summed E-state index contributed by atoms with van der Waals surface area (Å²) in [5.74, 6) is -6.59. The Morgan fingerprint density at radius 1 is 1.19 bits per heavy atom. The first-order valence-electron chi connectivity index (χ1n) is 12.3. The first-order chi connectivity index (χ1) is 17.4. The van der Waals surface area contributed by atoms with Gasteiger partial charge in [0, 0.05) is 26.2 Å². The number of benzene rings is 1. The van der Waals surface area contributed by atoms with E-state index in [4.69, 9.17) is 4.42 Å². The van der Waals surface area contributed by atoms with Crippen LogP contribution < -0.4 is 0 Å². The predicted octanol–water partition coefficient (Wildman–Crippen LogP) is 2.11. The number of aliphatic hydroxyl groups excluding tert-OH is 4. The molecule has 1 heterocycles. The molecule has 37 heavy (non-hydrogen) atoms. The van der Waals surface area contributed by atoms with Crippen LogP contribution in [-0.4, -0.2) is 71.3 Å². The zero-order valence-corrected chi connectivity index (χ0v) is 20.8. The fourth-order valence-corrected chi connectivity index (χ4v) is 4.70. The molecule has 1 aliphatic carbocycles. The number of aliphatic hydroxyl groups is 6. The number of ketones is 2. The van der Waals surface area contributed by atoms with Crippen LogP contribution in [0.1, 0.15) is 62.3 Å². The lowest BCUT2D eigenvalue weighted by atomic mass is 9.82. The van der Waals surface area contributed by atoms with Crippen molar-refractivity contribution in [1.29, 1.82) is 0 Å². The van der Waals surface area contributed by atoms with Crippen LogP contribution in [0.15, 0.2) is 47.1 Å². The fourth-order valence-electron chi connectivity index (χ4n) is 4.70. The third kappa shape index (κ3) is 6.91. The summed E-state index contributed by atoms with van der Waals surface area (Å²) in [6.07, 6.45) is -2.71. The molecule has 0 saturated carbocycles. The molecule has 1 aliphatic rings. The van der Waals surface area contributed by atoms with Crippen LogP contribution in [0.3, 0.4) is 0 Å². The third-order valence-corrected chi connectivity index (χ3v) is 6.85. The number of fused-ring (bicyclic) bond motifs is 1. The summed E-state index contributed by atoms with van der Waals surface area (Å²) in [6.45, 7) is 5.21. The Morgan fingerprint density at radius 3 is 2.62 bits per heavy atom. The maximum Gasteiger partial charge on any atom is 0.251 e. The number of allylic oxidation sites excluding steroid dienone is 3. The predicted molar refractivity (Wildman–Crippen MR) is 133 cm³/mol. The van der Waals surface area contributed by atoms with Crippen molar-refractivity contribution >= 4 is 22.7 Å². The van der Waals surface area contributed by atoms with Crippen LogP contribution >= 0.6 is 0 Å². The van der Waals surface area contributed by atoms with E-state index in [9.17, 15) is 40.2 Å². The van der Waals surface area contributed by atoms with Gasteiger partial charge >= 0.3 is 0 Å². The lowest BCUT2D eigenvalue weighted by Gasteiger charge is -2.33. The fraction of sp³-hybridized carbons (Fsp3) is 0.519. The lowest BCUT2D eigenvalue weighted by Crippen LogP contribution is -2.55. The Labute approximate surface area is 214 Å². The van der Waals surface area contributed by atoms with Gasteiger partial charge in [0.05, 0.1) is 23.9 Å². The molecule has 0 saturated heterocycles. The van der Waals surface area contributed by atoms with E-state index in [2.05, 4.69) is 11.6 Å². The number of carbonyl (C=O) groups excluding carboxylic acids is 2. The average molecular weight is 518 g/mol. The van der Waals surface area contributed by atoms with E-state index in [0.29, 0.717) is 17.0 Å². The van der Waals surface area contributed by atoms with Gasteiger partial charge in [-0.3, -0.25) is 9.59 Å². The molecule has 202 valence electrons. The molecule has 2 aromatic rings. The van der Waals surface area contributed by atoms with Gasteiger partial charge < -0.3 is 35.1 Å². The van der Waals surface area contributed by atoms with Gasteiger partial charge in [0.2, 0.25) is 0 Å². The Bertz CT molecular complexity index is 1150. The second-order valence-electron chi connectivity index (χ2n) is 9.72. The quantitative estimate of drug-likeness (QED) is 0.260. The molecule has 0 radical (unpaired) electrons. The van der Waals surface area contributed by atoms with Gasteiger partial charge in [-0.2, -0.15) is 0 Å². The second kappa shape index (κ2) is 12.1. The number of hydrogen-bond acceptors (Lipinski definition) is 10. The normalized spacial score (nSPS) is 30.1. The molecule has 0 amide bonds. The summed E-state index contributed by atoms with van der Waals surface area (Å²) in [7, 11) is 0. The van der Waals surface area contributed by atoms with E-state index in [0.717, 1.165) is 5.56 Å². The monoisotopic (exact) mass is 517 g/mol. The molecule has 10 heteroatoms. The van der Waals surface area contributed by atoms with Gasteiger partial charge in [0.15, 0.2) is 17.3 Å². The summed E-state index contributed by atoms with van der Waals surface area (Å²) < 4.78 is 5.50. The van der Waals surface area contributed by atoms with Crippen LogP contribution in [-0.2, 0) is 9.59 Å². The lowest BCUT2D eigenvalue weighted by molar-refractivity contribution is -0.226. The topological polar surface area (TPSA) is 182 Å². The largest absolute Gasteiger partial charge is 0.513 e. The van der Waals surface area contributed by atoms with Gasteiger partial charge in [0.25, 0.3) is 5.79 Å². The van der Waals surface area contributed by atoms with Crippen molar-refractivity contribution in [2.24, 2.45) is 5.92 Å². The Kier molecular flexibility index (Phi) is 9.38. The Balaban J connectivity index is 1.93. The Morgan fingerprint density at radius 2 is 1.92 bits per heavy atom. The van der Waals surface area contributed by atoms with Gasteiger partial charge in [-0.25, -0.2) is 4.98 Å². The van der Waals surface area contributed by atoms with E-state index in [1.165, 1.54) is 6.08 Å². The minimum atomic E-state index is -3.33. The Hall–Kier alpha value is -2.89. The molecular formula is C27H35NO9. The standard InChI is InChI=1S/C27H35NO9/c1-3-5-20-25(33)22(31)7-4-6-18(29)10-8-16(12-19(30)14-24(32)27(35,36)26(20)34)17-9-11-23-21(13-17)28-15(2)37-23/h3,9-11,13,16,20,22,24-25,29,31-33,35-36H,1,4-8,12,14H2,2H3/b18-10+/t16-,20-,22+,24+,25+/m1/s1. The second-order valence-corrected chi connectivity index (χ2v) is 9.72. The van der Waals surface area contributed by atoms with Crippen LogP contribution in [0.25, 0.3) is 11.1 Å². The van der Waals surface area contributed by atoms with E-state index in [1.807, 2.05) is 0 Å². The summed E-state index contributed by atoms with van der Waals surface area (Å²) in [6, 6.07) is 5.27. The highest BCUT2D eigenvalue weighted by Crippen LogP contribution is 2.31. The molecule has 3 rings (SSSR count). The molecule has 0 spiro atoms. The molecule has 1 aromatic heterocycles. The maximum atomic E-state index is 12.9. The number of aromatic nitrogens is 1. The molecule has 5 atom stereocenters. The smallest absolute Gasteiger partial charge is 0.251 e. The molecule has 6 N–H and O–H groups in total. The summed E-state index contributed by atoms with van der Waals surface area (Å²) in [5, 5.41) is 62.8. The molecular weight excluding hydrogens is 482 g/mol. The van der Waals surface area contributed by atoms with Gasteiger partial charge in [-0.15, -0.1) is 6.58 Å². The molecule has 0 fully saturated rings. The van der Waals surface area contributed by atoms with Crippen molar-refractivity contribution in [2.75, 3.05) is 0 Å². The van der Waals surface area contributed by atoms with Crippen molar-refractivity contribution in [3.8, 4) is 0 Å². The first kappa shape index (κ1) is 28.7. The summed E-state index contributed by atoms with van der Waals surface area (Å²) in [4.78, 5) is 30.2. The summed E-state index contributed by atoms with van der Waals surface area (Å²) >= 11 is 0. The maximum absolute atomic E-state index is 12.9. The van der Waals surface area contributed by atoms with Crippen molar-refractivity contribution in [2.45, 2.75) is 81.9 Å². The molecule has 0 bridgehead atoms. The van der Waals surface area contributed by atoms with E-state index in [1.54, 1.807) is 31.2 Å². The number of nitrogens with zero attached hydrogens (tertiary/aromatic N) is 1. The van der Waals surface area contributed by atoms with Gasteiger partial charge in [-0.05, 0) is 55.4 Å². The first-order valence-corrected chi connectivity index (χ1v) is 12.3. The van der Waals surface area contributed by atoms with E-state index >= 15 is 0 Å². The third-order valence-electron chi connectivity index (χ3n) is 6.85. The number of Topliss-reactive ketones (excluding diaryl/α,β-unsaturated/α-hetero) is 2. The number of hydrogen-bond donors (Lipinski definition) is 6.